The third-order valence-corrected chi connectivity index (χ3v) is 3.99. The molecule has 1 aromatic rings. The molecular weight excluding hydrogens is 243 g/mol. The van der Waals surface area contributed by atoms with Crippen molar-refractivity contribution in [1.82, 2.24) is 4.90 Å². The van der Waals surface area contributed by atoms with Gasteiger partial charge in [-0.05, 0) is 44.2 Å². The second-order valence-corrected chi connectivity index (χ2v) is 5.43. The third kappa shape index (κ3) is 2.95. The molecule has 4 heteroatoms. The molecule has 2 N–H and O–H groups in total. The fourth-order valence-corrected chi connectivity index (χ4v) is 2.61. The summed E-state index contributed by atoms with van der Waals surface area (Å²) in [6.45, 7) is 5.01. The lowest BCUT2D eigenvalue weighted by atomic mass is 9.90. The molecule has 1 saturated heterocycles. The second kappa shape index (κ2) is 5.70. The molecule has 0 saturated carbocycles. The van der Waals surface area contributed by atoms with Crippen LogP contribution in [0.5, 0.6) is 0 Å². The van der Waals surface area contributed by atoms with Gasteiger partial charge in [-0.3, -0.25) is 4.79 Å². The van der Waals surface area contributed by atoms with Gasteiger partial charge in [0.25, 0.3) is 5.91 Å². The Bertz CT molecular complexity index is 465. The highest BCUT2D eigenvalue weighted by Crippen LogP contribution is 2.22. The minimum absolute atomic E-state index is 0.160. The van der Waals surface area contributed by atoms with Gasteiger partial charge < -0.3 is 10.6 Å². The largest absolute Gasteiger partial charge is 0.339 e. The molecule has 1 heterocycles. The van der Waals surface area contributed by atoms with Crippen molar-refractivity contribution < 1.29 is 9.18 Å². The van der Waals surface area contributed by atoms with Gasteiger partial charge in [-0.1, -0.05) is 12.1 Å². The molecule has 1 amide bonds. The summed E-state index contributed by atoms with van der Waals surface area (Å²) in [5, 5.41) is 0. The van der Waals surface area contributed by atoms with Crippen LogP contribution in [0.25, 0.3) is 0 Å². The van der Waals surface area contributed by atoms with Crippen LogP contribution in [-0.2, 0) is 0 Å². The number of benzene rings is 1. The minimum atomic E-state index is -0.401. The average Bonchev–Trinajstić information content (AvgIpc) is 2.41. The smallest absolute Gasteiger partial charge is 0.256 e. The quantitative estimate of drug-likeness (QED) is 0.891. The topological polar surface area (TPSA) is 46.3 Å². The van der Waals surface area contributed by atoms with Crippen LogP contribution in [0, 0.1) is 18.7 Å². The summed E-state index contributed by atoms with van der Waals surface area (Å²) in [5.74, 6) is -0.141. The lowest BCUT2D eigenvalue weighted by Crippen LogP contribution is -2.42. The van der Waals surface area contributed by atoms with Crippen LogP contribution in [-0.4, -0.2) is 29.9 Å². The van der Waals surface area contributed by atoms with Gasteiger partial charge in [-0.15, -0.1) is 0 Å². The highest BCUT2D eigenvalue weighted by molar-refractivity contribution is 5.94. The zero-order chi connectivity index (χ0) is 14.0. The predicted molar refractivity (Wildman–Crippen MR) is 73.4 cm³/mol. The maximum atomic E-state index is 13.9. The van der Waals surface area contributed by atoms with Gasteiger partial charge in [0.1, 0.15) is 5.82 Å². The van der Waals surface area contributed by atoms with Crippen molar-refractivity contribution in [2.75, 3.05) is 13.1 Å². The third-order valence-electron chi connectivity index (χ3n) is 3.99. The van der Waals surface area contributed by atoms with E-state index < -0.39 is 5.82 Å². The number of carbonyl (C=O) groups is 1. The molecule has 0 aromatic heterocycles. The van der Waals surface area contributed by atoms with Crippen LogP contribution in [0.4, 0.5) is 4.39 Å². The molecule has 0 spiro atoms. The number of nitrogens with zero attached hydrogens (tertiary/aromatic N) is 1. The summed E-state index contributed by atoms with van der Waals surface area (Å²) < 4.78 is 13.9. The maximum Gasteiger partial charge on any atom is 0.256 e. The molecule has 1 aliphatic heterocycles. The Hall–Kier alpha value is -1.42. The van der Waals surface area contributed by atoms with E-state index >= 15 is 0 Å². The molecule has 19 heavy (non-hydrogen) atoms. The van der Waals surface area contributed by atoms with Crippen molar-refractivity contribution in [3.63, 3.8) is 0 Å². The molecule has 1 atom stereocenters. The molecule has 0 bridgehead atoms. The first-order valence-electron chi connectivity index (χ1n) is 6.80. The average molecular weight is 264 g/mol. The number of hydrogen-bond donors (Lipinski definition) is 1. The summed E-state index contributed by atoms with van der Waals surface area (Å²) in [5.41, 5.74) is 6.57. The van der Waals surface area contributed by atoms with Crippen LogP contribution in [0.3, 0.4) is 0 Å². The standard InChI is InChI=1S/C15H21FN2O/c1-10-4-3-5-13(14(10)16)15(19)18-8-6-12(7-9-18)11(2)17/h3-5,11-12H,6-9,17H2,1-2H3. The number of rotatable bonds is 2. The van der Waals surface area contributed by atoms with E-state index in [-0.39, 0.29) is 17.5 Å². The van der Waals surface area contributed by atoms with Crippen molar-refractivity contribution in [3.8, 4) is 0 Å². The maximum absolute atomic E-state index is 13.9. The zero-order valence-electron chi connectivity index (χ0n) is 11.5. The first-order chi connectivity index (χ1) is 9.00. The number of likely N-dealkylation sites (tertiary alicyclic amines) is 1. The van der Waals surface area contributed by atoms with E-state index in [4.69, 9.17) is 5.73 Å². The van der Waals surface area contributed by atoms with E-state index in [0.717, 1.165) is 12.8 Å². The lowest BCUT2D eigenvalue weighted by molar-refractivity contribution is 0.0676. The number of carbonyl (C=O) groups excluding carboxylic acids is 1. The first-order valence-corrected chi connectivity index (χ1v) is 6.80. The van der Waals surface area contributed by atoms with Gasteiger partial charge >= 0.3 is 0 Å². The van der Waals surface area contributed by atoms with E-state index in [0.29, 0.717) is 24.6 Å². The van der Waals surface area contributed by atoms with E-state index in [9.17, 15) is 9.18 Å². The number of amides is 1. The molecule has 0 radical (unpaired) electrons. The fraction of sp³-hybridized carbons (Fsp3) is 0.533. The van der Waals surface area contributed by atoms with Gasteiger partial charge in [-0.25, -0.2) is 4.39 Å². The van der Waals surface area contributed by atoms with E-state index in [1.807, 2.05) is 6.92 Å². The summed E-state index contributed by atoms with van der Waals surface area (Å²) in [7, 11) is 0. The summed E-state index contributed by atoms with van der Waals surface area (Å²) >= 11 is 0. The van der Waals surface area contributed by atoms with Crippen molar-refractivity contribution in [2.24, 2.45) is 11.7 Å². The number of halogens is 1. The fourth-order valence-electron chi connectivity index (χ4n) is 2.61. The van der Waals surface area contributed by atoms with Crippen molar-refractivity contribution in [3.05, 3.63) is 35.1 Å². The van der Waals surface area contributed by atoms with Crippen LogP contribution >= 0.6 is 0 Å². The lowest BCUT2D eigenvalue weighted by Gasteiger charge is -2.33. The molecule has 3 nitrogen and oxygen atoms in total. The number of hydrogen-bond acceptors (Lipinski definition) is 2. The van der Waals surface area contributed by atoms with E-state index in [2.05, 4.69) is 0 Å². The Labute approximate surface area is 113 Å². The van der Waals surface area contributed by atoms with Gasteiger partial charge in [0.05, 0.1) is 5.56 Å². The molecular formula is C15H21FN2O. The Morgan fingerprint density at radius 1 is 1.42 bits per heavy atom. The first kappa shape index (κ1) is 14.0. The Kier molecular flexibility index (Phi) is 4.20. The van der Waals surface area contributed by atoms with Crippen LogP contribution in [0.2, 0.25) is 0 Å². The van der Waals surface area contributed by atoms with Gasteiger partial charge in [-0.2, -0.15) is 0 Å². The van der Waals surface area contributed by atoms with Crippen molar-refractivity contribution in [2.45, 2.75) is 32.7 Å². The SMILES string of the molecule is Cc1cccc(C(=O)N2CCC(C(C)N)CC2)c1F. The highest BCUT2D eigenvalue weighted by atomic mass is 19.1. The van der Waals surface area contributed by atoms with Crippen LogP contribution in [0.1, 0.15) is 35.7 Å². The highest BCUT2D eigenvalue weighted by Gasteiger charge is 2.26. The Balaban J connectivity index is 2.07. The Morgan fingerprint density at radius 3 is 2.63 bits per heavy atom. The van der Waals surface area contributed by atoms with E-state index in [1.165, 1.54) is 0 Å². The van der Waals surface area contributed by atoms with E-state index in [1.54, 1.807) is 30.0 Å². The minimum Gasteiger partial charge on any atom is -0.339 e. The molecule has 104 valence electrons. The van der Waals surface area contributed by atoms with Gasteiger partial charge in [0.2, 0.25) is 0 Å². The predicted octanol–water partition coefficient (Wildman–Crippen LogP) is 2.33. The van der Waals surface area contributed by atoms with Crippen molar-refractivity contribution in [1.29, 1.82) is 0 Å². The zero-order valence-corrected chi connectivity index (χ0v) is 11.5. The molecule has 1 aromatic carbocycles. The molecule has 1 aliphatic rings. The normalized spacial score (nSPS) is 18.4. The molecule has 0 aliphatic carbocycles. The van der Waals surface area contributed by atoms with Gasteiger partial charge in [0, 0.05) is 19.1 Å². The molecule has 2 rings (SSSR count). The van der Waals surface area contributed by atoms with Gasteiger partial charge in [0.15, 0.2) is 0 Å². The van der Waals surface area contributed by atoms with Crippen molar-refractivity contribution >= 4 is 5.91 Å². The summed E-state index contributed by atoms with van der Waals surface area (Å²) in [6.07, 6.45) is 1.80. The monoisotopic (exact) mass is 264 g/mol. The number of nitrogens with two attached hydrogens (primary N) is 1. The second-order valence-electron chi connectivity index (χ2n) is 5.43. The molecule has 1 unspecified atom stereocenters. The summed E-state index contributed by atoms with van der Waals surface area (Å²) in [6, 6.07) is 5.12. The van der Waals surface area contributed by atoms with Crippen LogP contribution in [0.15, 0.2) is 18.2 Å². The summed E-state index contributed by atoms with van der Waals surface area (Å²) in [4.78, 5) is 14.0. The molecule has 1 fully saturated rings. The van der Waals surface area contributed by atoms with Crippen LogP contribution < -0.4 is 5.73 Å². The Morgan fingerprint density at radius 2 is 2.05 bits per heavy atom. The number of aryl methyl sites for hydroxylation is 1. The number of piperidine rings is 1.